The Morgan fingerprint density at radius 3 is 2.47 bits per heavy atom. The van der Waals surface area contributed by atoms with Gasteiger partial charge >= 0.3 is 0 Å². The minimum absolute atomic E-state index is 0.0964. The molecule has 0 saturated carbocycles. The summed E-state index contributed by atoms with van der Waals surface area (Å²) in [6.07, 6.45) is 0.507. The lowest BCUT2D eigenvalue weighted by atomic mass is 9.97. The summed E-state index contributed by atoms with van der Waals surface area (Å²) in [5.74, 6) is 0.521. The second-order valence-corrected chi connectivity index (χ2v) is 6.48. The van der Waals surface area contributed by atoms with Gasteiger partial charge in [0.2, 0.25) is 10.0 Å². The maximum atomic E-state index is 11.5. The predicted octanol–water partition coefficient (Wildman–Crippen LogP) is 1.21. The van der Waals surface area contributed by atoms with Crippen LogP contribution in [0.1, 0.15) is 20.3 Å². The number of hydrogen-bond donors (Lipinski definition) is 1. The minimum atomic E-state index is -3.19. The SMILES string of the molecule is COCCCS(=O)(=O)NCC(C)(C)CCl. The zero-order valence-electron chi connectivity index (χ0n) is 9.55. The molecule has 0 spiro atoms. The molecule has 0 aliphatic carbocycles. The van der Waals surface area contributed by atoms with Crippen LogP contribution in [0.25, 0.3) is 0 Å². The minimum Gasteiger partial charge on any atom is -0.385 e. The van der Waals surface area contributed by atoms with E-state index >= 15 is 0 Å². The van der Waals surface area contributed by atoms with Crippen molar-refractivity contribution in [3.8, 4) is 0 Å². The van der Waals surface area contributed by atoms with Gasteiger partial charge in [0.15, 0.2) is 0 Å². The summed E-state index contributed by atoms with van der Waals surface area (Å²) in [6, 6.07) is 0. The first-order chi connectivity index (χ1) is 6.83. The molecule has 6 heteroatoms. The van der Waals surface area contributed by atoms with Gasteiger partial charge in [-0.25, -0.2) is 13.1 Å². The molecule has 0 radical (unpaired) electrons. The molecule has 0 aliphatic rings. The summed E-state index contributed by atoms with van der Waals surface area (Å²) in [6.45, 7) is 4.65. The highest BCUT2D eigenvalue weighted by Gasteiger charge is 2.19. The molecule has 0 unspecified atom stereocenters. The molecule has 0 aromatic carbocycles. The van der Waals surface area contributed by atoms with Crippen molar-refractivity contribution in [1.82, 2.24) is 4.72 Å². The second-order valence-electron chi connectivity index (χ2n) is 4.28. The fraction of sp³-hybridized carbons (Fsp3) is 1.00. The van der Waals surface area contributed by atoms with Gasteiger partial charge in [0.1, 0.15) is 0 Å². The van der Waals surface area contributed by atoms with E-state index in [1.54, 1.807) is 7.11 Å². The Hall–Kier alpha value is 0.160. The molecule has 0 heterocycles. The number of halogens is 1. The Balaban J connectivity index is 3.94. The second kappa shape index (κ2) is 6.68. The summed E-state index contributed by atoms with van der Waals surface area (Å²) in [5, 5.41) is 0. The van der Waals surface area contributed by atoms with E-state index in [-0.39, 0.29) is 11.2 Å². The van der Waals surface area contributed by atoms with Gasteiger partial charge in [0, 0.05) is 26.1 Å². The molecule has 0 saturated heterocycles. The average Bonchev–Trinajstić information content (AvgIpc) is 2.16. The van der Waals surface area contributed by atoms with Crippen molar-refractivity contribution in [2.45, 2.75) is 20.3 Å². The highest BCUT2D eigenvalue weighted by Crippen LogP contribution is 2.15. The van der Waals surface area contributed by atoms with Crippen LogP contribution in [-0.2, 0) is 14.8 Å². The number of ether oxygens (including phenoxy) is 1. The molecular formula is C9H20ClNO3S. The zero-order valence-corrected chi connectivity index (χ0v) is 11.1. The summed E-state index contributed by atoms with van der Waals surface area (Å²) in [5.41, 5.74) is -0.212. The van der Waals surface area contributed by atoms with Gasteiger partial charge < -0.3 is 4.74 Å². The quantitative estimate of drug-likeness (QED) is 0.525. The first-order valence-corrected chi connectivity index (χ1v) is 7.04. The number of hydrogen-bond acceptors (Lipinski definition) is 3. The van der Waals surface area contributed by atoms with Crippen LogP contribution in [0.15, 0.2) is 0 Å². The molecule has 15 heavy (non-hydrogen) atoms. The van der Waals surface area contributed by atoms with Crippen molar-refractivity contribution in [2.75, 3.05) is 31.9 Å². The lowest BCUT2D eigenvalue weighted by Crippen LogP contribution is -2.36. The third-order valence-corrected chi connectivity index (χ3v) is 4.03. The van der Waals surface area contributed by atoms with Crippen molar-refractivity contribution in [3.05, 3.63) is 0 Å². The highest BCUT2D eigenvalue weighted by atomic mass is 35.5. The maximum absolute atomic E-state index is 11.5. The van der Waals surface area contributed by atoms with Gasteiger partial charge in [-0.05, 0) is 11.8 Å². The van der Waals surface area contributed by atoms with Crippen molar-refractivity contribution < 1.29 is 13.2 Å². The van der Waals surface area contributed by atoms with E-state index in [2.05, 4.69) is 4.72 Å². The van der Waals surface area contributed by atoms with Crippen LogP contribution >= 0.6 is 11.6 Å². The Labute approximate surface area is 97.4 Å². The van der Waals surface area contributed by atoms with Crippen molar-refractivity contribution in [3.63, 3.8) is 0 Å². The van der Waals surface area contributed by atoms with E-state index in [1.165, 1.54) is 0 Å². The third kappa shape index (κ3) is 8.02. The highest BCUT2D eigenvalue weighted by molar-refractivity contribution is 7.89. The average molecular weight is 258 g/mol. The van der Waals surface area contributed by atoms with Crippen molar-refractivity contribution >= 4 is 21.6 Å². The predicted molar refractivity (Wildman–Crippen MR) is 62.8 cm³/mol. The molecule has 0 atom stereocenters. The standard InChI is InChI=1S/C9H20ClNO3S/c1-9(2,7-10)8-11-15(12,13)6-4-5-14-3/h11H,4-8H2,1-3H3. The van der Waals surface area contributed by atoms with E-state index in [1.807, 2.05) is 13.8 Å². The Bertz CT molecular complexity index is 265. The molecule has 0 bridgehead atoms. The number of alkyl halides is 1. The first-order valence-electron chi connectivity index (χ1n) is 4.85. The van der Waals surface area contributed by atoms with E-state index in [0.29, 0.717) is 25.5 Å². The van der Waals surface area contributed by atoms with Gasteiger partial charge in [-0.3, -0.25) is 0 Å². The molecule has 0 aromatic heterocycles. The third-order valence-electron chi connectivity index (χ3n) is 1.89. The molecule has 1 N–H and O–H groups in total. The first kappa shape index (κ1) is 15.2. The van der Waals surface area contributed by atoms with E-state index in [0.717, 1.165) is 0 Å². The molecule has 4 nitrogen and oxygen atoms in total. The van der Waals surface area contributed by atoms with Gasteiger partial charge in [-0.15, -0.1) is 11.6 Å². The summed E-state index contributed by atoms with van der Waals surface area (Å²) >= 11 is 5.69. The number of sulfonamides is 1. The topological polar surface area (TPSA) is 55.4 Å². The van der Waals surface area contributed by atoms with E-state index < -0.39 is 10.0 Å². The van der Waals surface area contributed by atoms with Crippen LogP contribution in [0, 0.1) is 5.41 Å². The molecule has 0 amide bonds. The summed E-state index contributed by atoms with van der Waals surface area (Å²) in [4.78, 5) is 0. The van der Waals surface area contributed by atoms with Crippen LogP contribution in [0.2, 0.25) is 0 Å². The maximum Gasteiger partial charge on any atom is 0.211 e. The molecular weight excluding hydrogens is 238 g/mol. The van der Waals surface area contributed by atoms with Gasteiger partial charge in [-0.2, -0.15) is 0 Å². The fourth-order valence-corrected chi connectivity index (χ4v) is 2.17. The number of methoxy groups -OCH3 is 1. The van der Waals surface area contributed by atoms with Gasteiger partial charge in [0.25, 0.3) is 0 Å². The van der Waals surface area contributed by atoms with E-state index in [9.17, 15) is 8.42 Å². The van der Waals surface area contributed by atoms with Crippen LogP contribution < -0.4 is 4.72 Å². The van der Waals surface area contributed by atoms with Crippen molar-refractivity contribution in [1.29, 1.82) is 0 Å². The Morgan fingerprint density at radius 1 is 1.40 bits per heavy atom. The van der Waals surface area contributed by atoms with Crippen LogP contribution in [0.3, 0.4) is 0 Å². The Morgan fingerprint density at radius 2 is 2.00 bits per heavy atom. The monoisotopic (exact) mass is 257 g/mol. The molecule has 0 aromatic rings. The normalized spacial score (nSPS) is 13.1. The van der Waals surface area contributed by atoms with Crippen molar-refractivity contribution in [2.24, 2.45) is 5.41 Å². The summed E-state index contributed by atoms with van der Waals surface area (Å²) in [7, 11) is -1.63. The van der Waals surface area contributed by atoms with E-state index in [4.69, 9.17) is 16.3 Å². The van der Waals surface area contributed by atoms with Crippen LogP contribution in [0.5, 0.6) is 0 Å². The van der Waals surface area contributed by atoms with Gasteiger partial charge in [-0.1, -0.05) is 13.8 Å². The lowest BCUT2D eigenvalue weighted by Gasteiger charge is -2.21. The smallest absolute Gasteiger partial charge is 0.211 e. The lowest BCUT2D eigenvalue weighted by molar-refractivity contribution is 0.199. The largest absolute Gasteiger partial charge is 0.385 e. The van der Waals surface area contributed by atoms with Crippen LogP contribution in [0.4, 0.5) is 0 Å². The number of rotatable bonds is 8. The molecule has 0 aliphatic heterocycles. The van der Waals surface area contributed by atoms with Gasteiger partial charge in [0.05, 0.1) is 5.75 Å². The zero-order chi connectivity index (χ0) is 11.9. The Kier molecular flexibility index (Phi) is 6.75. The molecule has 0 rings (SSSR count). The fourth-order valence-electron chi connectivity index (χ4n) is 0.818. The number of nitrogens with one attached hydrogen (secondary N) is 1. The molecule has 0 fully saturated rings. The summed E-state index contributed by atoms with van der Waals surface area (Å²) < 4.78 is 30.2. The molecule has 92 valence electrons. The van der Waals surface area contributed by atoms with Crippen LogP contribution in [-0.4, -0.2) is 40.3 Å².